The first kappa shape index (κ1) is 22.3. The van der Waals surface area contributed by atoms with Gasteiger partial charge >= 0.3 is 5.97 Å². The number of aromatic nitrogens is 1. The van der Waals surface area contributed by atoms with Crippen molar-refractivity contribution in [2.45, 2.75) is 18.9 Å². The van der Waals surface area contributed by atoms with Crippen LogP contribution in [0.25, 0.3) is 23.1 Å². The first-order valence-electron chi connectivity index (χ1n) is 10.4. The van der Waals surface area contributed by atoms with Crippen molar-refractivity contribution in [3.05, 3.63) is 112 Å². The van der Waals surface area contributed by atoms with Crippen LogP contribution < -0.4 is 0 Å². The van der Waals surface area contributed by atoms with E-state index in [1.165, 1.54) is 6.07 Å². The molecule has 0 aliphatic rings. The molecule has 3 aromatic carbocycles. The highest BCUT2D eigenvalue weighted by molar-refractivity contribution is 5.89. The van der Waals surface area contributed by atoms with Gasteiger partial charge in [0.25, 0.3) is 0 Å². The van der Waals surface area contributed by atoms with Gasteiger partial charge in [0.2, 0.25) is 0 Å². The molecule has 2 N–H and O–H groups in total. The molecule has 0 spiro atoms. The summed E-state index contributed by atoms with van der Waals surface area (Å²) >= 11 is 0. The minimum Gasteiger partial charge on any atom is -0.478 e. The lowest BCUT2D eigenvalue weighted by atomic mass is 9.96. The maximum atomic E-state index is 13.5. The van der Waals surface area contributed by atoms with Crippen molar-refractivity contribution in [3.63, 3.8) is 0 Å². The fourth-order valence-electron chi connectivity index (χ4n) is 3.70. The van der Waals surface area contributed by atoms with Crippen LogP contribution in [-0.2, 0) is 6.42 Å². The van der Waals surface area contributed by atoms with Crippen molar-refractivity contribution in [1.29, 1.82) is 0 Å². The van der Waals surface area contributed by atoms with E-state index in [0.717, 1.165) is 23.3 Å². The highest BCUT2D eigenvalue weighted by Crippen LogP contribution is 2.24. The Hall–Kier alpha value is -3.90. The maximum absolute atomic E-state index is 13.5. The zero-order chi connectivity index (χ0) is 23.4. The third-order valence-corrected chi connectivity index (χ3v) is 5.41. The molecule has 0 aliphatic carbocycles. The zero-order valence-electron chi connectivity index (χ0n) is 17.6. The number of carbonyl (C=O) groups is 1. The Labute approximate surface area is 189 Å². The lowest BCUT2D eigenvalue weighted by Gasteiger charge is -2.13. The van der Waals surface area contributed by atoms with Crippen LogP contribution in [0.15, 0.2) is 72.8 Å². The van der Waals surface area contributed by atoms with Crippen LogP contribution in [0, 0.1) is 11.6 Å². The predicted octanol–water partition coefficient (Wildman–Crippen LogP) is 6.05. The SMILES string of the molecule is O=C(O)c1ccccc1C(O)CCc1cccc(C=Cc2ccc3cc(F)c(F)cc3n2)c1. The number of benzene rings is 3. The van der Waals surface area contributed by atoms with Crippen LogP contribution in [0.2, 0.25) is 0 Å². The molecule has 4 rings (SSSR count). The number of carboxylic acids is 1. The van der Waals surface area contributed by atoms with Gasteiger partial charge in [-0.05, 0) is 53.8 Å². The van der Waals surface area contributed by atoms with E-state index in [1.54, 1.807) is 36.4 Å². The van der Waals surface area contributed by atoms with E-state index >= 15 is 0 Å². The van der Waals surface area contributed by atoms with E-state index in [9.17, 15) is 23.8 Å². The monoisotopic (exact) mass is 445 g/mol. The first-order chi connectivity index (χ1) is 15.9. The Morgan fingerprint density at radius 1 is 0.939 bits per heavy atom. The molecule has 4 nitrogen and oxygen atoms in total. The van der Waals surface area contributed by atoms with Crippen LogP contribution in [0.1, 0.15) is 45.3 Å². The van der Waals surface area contributed by atoms with Crippen LogP contribution in [0.5, 0.6) is 0 Å². The summed E-state index contributed by atoms with van der Waals surface area (Å²) in [5.74, 6) is -2.90. The van der Waals surface area contributed by atoms with Crippen LogP contribution >= 0.6 is 0 Å². The highest BCUT2D eigenvalue weighted by atomic mass is 19.2. The van der Waals surface area contributed by atoms with Crippen molar-refractivity contribution < 1.29 is 23.8 Å². The Kier molecular flexibility index (Phi) is 6.56. The number of fused-ring (bicyclic) bond motifs is 1. The largest absolute Gasteiger partial charge is 0.478 e. The molecule has 0 saturated carbocycles. The summed E-state index contributed by atoms with van der Waals surface area (Å²) in [5.41, 5.74) is 3.40. The normalized spacial score (nSPS) is 12.3. The van der Waals surface area contributed by atoms with Gasteiger partial charge in [-0.2, -0.15) is 0 Å². The van der Waals surface area contributed by atoms with E-state index in [-0.39, 0.29) is 5.56 Å². The Morgan fingerprint density at radius 3 is 2.55 bits per heavy atom. The molecule has 0 bridgehead atoms. The Bertz CT molecular complexity index is 1350. The van der Waals surface area contributed by atoms with Gasteiger partial charge in [-0.1, -0.05) is 54.6 Å². The molecular formula is C27H21F2NO3. The number of aliphatic hydroxyl groups excluding tert-OH is 1. The molecule has 6 heteroatoms. The first-order valence-corrected chi connectivity index (χ1v) is 10.4. The molecule has 1 unspecified atom stereocenters. The lowest BCUT2D eigenvalue weighted by Crippen LogP contribution is -2.08. The molecule has 1 heterocycles. The van der Waals surface area contributed by atoms with Crippen molar-refractivity contribution in [3.8, 4) is 0 Å². The van der Waals surface area contributed by atoms with Crippen LogP contribution in [0.3, 0.4) is 0 Å². The molecule has 1 aromatic heterocycles. The summed E-state index contributed by atoms with van der Waals surface area (Å²) in [4.78, 5) is 15.7. The fraction of sp³-hybridized carbons (Fsp3) is 0.111. The minimum absolute atomic E-state index is 0.104. The molecule has 1 atom stereocenters. The summed E-state index contributed by atoms with van der Waals surface area (Å²) in [6, 6.07) is 19.8. The van der Waals surface area contributed by atoms with Crippen molar-refractivity contribution in [2.24, 2.45) is 0 Å². The van der Waals surface area contributed by atoms with Gasteiger partial charge in [0.1, 0.15) is 0 Å². The number of pyridine rings is 1. The summed E-state index contributed by atoms with van der Waals surface area (Å²) < 4.78 is 26.9. The fourth-order valence-corrected chi connectivity index (χ4v) is 3.70. The molecule has 0 aliphatic heterocycles. The van der Waals surface area contributed by atoms with E-state index < -0.39 is 23.7 Å². The molecular weight excluding hydrogens is 424 g/mol. The summed E-state index contributed by atoms with van der Waals surface area (Å²) in [5, 5.41) is 20.4. The van der Waals surface area contributed by atoms with E-state index in [4.69, 9.17) is 0 Å². The third kappa shape index (κ3) is 5.30. The minimum atomic E-state index is -1.06. The zero-order valence-corrected chi connectivity index (χ0v) is 17.6. The number of hydrogen-bond acceptors (Lipinski definition) is 3. The molecule has 4 aromatic rings. The van der Waals surface area contributed by atoms with Gasteiger partial charge in [-0.25, -0.2) is 18.6 Å². The quantitative estimate of drug-likeness (QED) is 0.363. The topological polar surface area (TPSA) is 70.4 Å². The number of hydrogen-bond donors (Lipinski definition) is 2. The predicted molar refractivity (Wildman–Crippen MR) is 124 cm³/mol. The smallest absolute Gasteiger partial charge is 0.336 e. The van der Waals surface area contributed by atoms with Crippen LogP contribution in [0.4, 0.5) is 8.78 Å². The summed E-state index contributed by atoms with van der Waals surface area (Å²) in [6.45, 7) is 0. The van der Waals surface area contributed by atoms with E-state index in [1.807, 2.05) is 30.3 Å². The van der Waals surface area contributed by atoms with Gasteiger partial charge in [0, 0.05) is 11.5 Å². The van der Waals surface area contributed by atoms with Gasteiger partial charge < -0.3 is 10.2 Å². The molecule has 166 valence electrons. The van der Waals surface area contributed by atoms with Crippen molar-refractivity contribution >= 4 is 29.0 Å². The number of aromatic carboxylic acids is 1. The number of rotatable bonds is 7. The second-order valence-corrected chi connectivity index (χ2v) is 7.72. The van der Waals surface area contributed by atoms with E-state index in [0.29, 0.717) is 35.0 Å². The van der Waals surface area contributed by atoms with Gasteiger partial charge in [0.05, 0.1) is 22.9 Å². The summed E-state index contributed by atoms with van der Waals surface area (Å²) in [7, 11) is 0. The molecule has 0 fully saturated rings. The number of halogens is 2. The average Bonchev–Trinajstić information content (AvgIpc) is 2.82. The number of nitrogens with zero attached hydrogens (tertiary/aromatic N) is 1. The Balaban J connectivity index is 1.46. The van der Waals surface area contributed by atoms with Gasteiger partial charge in [0.15, 0.2) is 11.6 Å². The standard InChI is InChI=1S/C27H21F2NO3/c28-23-15-19-10-12-20(30-25(19)16-24(23)29)11-8-17-4-3-5-18(14-17)9-13-26(31)21-6-1-2-7-22(21)27(32)33/h1-8,10-12,14-16,26,31H,9,13H2,(H,32,33). The Morgan fingerprint density at radius 2 is 1.73 bits per heavy atom. The van der Waals surface area contributed by atoms with Crippen molar-refractivity contribution in [2.75, 3.05) is 0 Å². The molecule has 0 amide bonds. The average molecular weight is 445 g/mol. The summed E-state index contributed by atoms with van der Waals surface area (Å²) in [6.07, 6.45) is 3.72. The second kappa shape index (κ2) is 9.71. The second-order valence-electron chi connectivity index (χ2n) is 7.72. The van der Waals surface area contributed by atoms with Gasteiger partial charge in [-0.3, -0.25) is 0 Å². The number of carboxylic acid groups (broad SMARTS) is 1. The molecule has 0 saturated heterocycles. The highest BCUT2D eigenvalue weighted by Gasteiger charge is 2.16. The lowest BCUT2D eigenvalue weighted by molar-refractivity contribution is 0.0688. The van der Waals surface area contributed by atoms with E-state index in [2.05, 4.69) is 4.98 Å². The molecule has 33 heavy (non-hydrogen) atoms. The molecule has 0 radical (unpaired) electrons. The van der Waals surface area contributed by atoms with Crippen LogP contribution in [-0.4, -0.2) is 21.2 Å². The van der Waals surface area contributed by atoms with Gasteiger partial charge in [-0.15, -0.1) is 0 Å². The third-order valence-electron chi connectivity index (χ3n) is 5.41. The van der Waals surface area contributed by atoms with Crippen molar-refractivity contribution in [1.82, 2.24) is 4.98 Å². The number of aliphatic hydroxyl groups is 1. The number of aryl methyl sites for hydroxylation is 1. The maximum Gasteiger partial charge on any atom is 0.336 e.